The predicted octanol–water partition coefficient (Wildman–Crippen LogP) is 4.05. The second-order valence-corrected chi connectivity index (χ2v) is 8.32. The van der Waals surface area contributed by atoms with Crippen molar-refractivity contribution in [2.75, 3.05) is 0 Å². The van der Waals surface area contributed by atoms with Crippen molar-refractivity contribution in [3.63, 3.8) is 0 Å². The second kappa shape index (κ2) is 6.72. The number of phenols is 1. The van der Waals surface area contributed by atoms with Gasteiger partial charge in [-0.3, -0.25) is 9.48 Å². The minimum absolute atomic E-state index is 0.00961. The molecular weight excluding hydrogens is 397 g/mol. The van der Waals surface area contributed by atoms with Crippen molar-refractivity contribution in [3.8, 4) is 17.0 Å². The average molecular weight is 418 g/mol. The minimum Gasteiger partial charge on any atom is -0.507 e. The zero-order valence-corrected chi connectivity index (χ0v) is 16.7. The van der Waals surface area contributed by atoms with Crippen LogP contribution < -0.4 is 5.32 Å². The third kappa shape index (κ3) is 3.59. The van der Waals surface area contributed by atoms with Gasteiger partial charge in [0.1, 0.15) is 5.75 Å². The Bertz CT molecular complexity index is 1130. The highest BCUT2D eigenvalue weighted by Crippen LogP contribution is 2.38. The number of alkyl halides is 3. The zero-order chi connectivity index (χ0) is 21.8. The zero-order valence-electron chi connectivity index (χ0n) is 16.7. The maximum Gasteiger partial charge on any atom is 0.416 e. The van der Waals surface area contributed by atoms with Crippen LogP contribution in [-0.4, -0.2) is 31.3 Å². The number of carbonyl (C=O) groups is 1. The summed E-state index contributed by atoms with van der Waals surface area (Å²) in [5, 5.41) is 18.4. The Balaban J connectivity index is 1.67. The number of hydrogen-bond acceptors (Lipinski definition) is 4. The van der Waals surface area contributed by atoms with Crippen molar-refractivity contribution < 1.29 is 23.1 Å². The van der Waals surface area contributed by atoms with E-state index < -0.39 is 17.5 Å². The number of hydrogen-bond donors (Lipinski definition) is 2. The van der Waals surface area contributed by atoms with Crippen molar-refractivity contribution in [2.45, 2.75) is 45.5 Å². The average Bonchev–Trinajstić information content (AvgIpc) is 3.12. The monoisotopic (exact) mass is 418 g/mol. The number of halogens is 3. The number of pyridine rings is 1. The van der Waals surface area contributed by atoms with Gasteiger partial charge < -0.3 is 10.4 Å². The van der Waals surface area contributed by atoms with E-state index in [0.717, 1.165) is 11.5 Å². The molecule has 30 heavy (non-hydrogen) atoms. The van der Waals surface area contributed by atoms with Gasteiger partial charge in [0.25, 0.3) is 0 Å². The van der Waals surface area contributed by atoms with Crippen LogP contribution in [0, 0.1) is 12.8 Å². The molecule has 1 saturated heterocycles. The molecule has 1 atom stereocenters. The second-order valence-electron chi connectivity index (χ2n) is 8.32. The summed E-state index contributed by atoms with van der Waals surface area (Å²) in [5.74, 6) is -0.402. The lowest BCUT2D eigenvalue weighted by Crippen LogP contribution is -2.40. The quantitative estimate of drug-likeness (QED) is 0.673. The van der Waals surface area contributed by atoms with E-state index in [1.54, 1.807) is 16.8 Å². The molecule has 0 aliphatic carbocycles. The number of aromatic hydroxyl groups is 1. The van der Waals surface area contributed by atoms with Crippen LogP contribution >= 0.6 is 0 Å². The number of carbonyl (C=O) groups excluding carboxylic acids is 1. The van der Waals surface area contributed by atoms with Gasteiger partial charge in [-0.1, -0.05) is 0 Å². The number of phenolic OH excluding ortho intramolecular Hbond substituents is 1. The Hall–Kier alpha value is -3.10. The van der Waals surface area contributed by atoms with E-state index in [2.05, 4.69) is 15.4 Å². The van der Waals surface area contributed by atoms with Gasteiger partial charge in [0.05, 0.1) is 11.3 Å². The van der Waals surface area contributed by atoms with Crippen LogP contribution in [0.4, 0.5) is 13.2 Å². The Kier molecular flexibility index (Phi) is 4.52. The van der Waals surface area contributed by atoms with E-state index in [1.807, 2.05) is 20.0 Å². The Morgan fingerprint density at radius 2 is 2.03 bits per heavy atom. The first-order valence-corrected chi connectivity index (χ1v) is 9.50. The van der Waals surface area contributed by atoms with Crippen LogP contribution in [0.5, 0.6) is 5.75 Å². The van der Waals surface area contributed by atoms with Crippen LogP contribution in [-0.2, 0) is 17.5 Å². The molecule has 6 nitrogen and oxygen atoms in total. The summed E-state index contributed by atoms with van der Waals surface area (Å²) in [5.41, 5.74) is 0.0264. The topological polar surface area (TPSA) is 80.0 Å². The number of amides is 1. The van der Waals surface area contributed by atoms with Crippen LogP contribution in [0.25, 0.3) is 22.3 Å². The third-order valence-electron chi connectivity index (χ3n) is 5.64. The van der Waals surface area contributed by atoms with Gasteiger partial charge in [-0.15, -0.1) is 0 Å². The maximum atomic E-state index is 13.0. The number of rotatable bonds is 3. The van der Waals surface area contributed by atoms with E-state index in [1.165, 1.54) is 6.92 Å². The fraction of sp³-hybridized carbons (Fsp3) is 0.381. The highest BCUT2D eigenvalue weighted by atomic mass is 19.4. The minimum atomic E-state index is -4.54. The largest absolute Gasteiger partial charge is 0.507 e. The van der Waals surface area contributed by atoms with Gasteiger partial charge in [-0.2, -0.15) is 18.3 Å². The fourth-order valence-electron chi connectivity index (χ4n) is 3.96. The summed E-state index contributed by atoms with van der Waals surface area (Å²) in [6.07, 6.45) is -2.30. The molecular formula is C21H21F3N4O2. The van der Waals surface area contributed by atoms with E-state index in [4.69, 9.17) is 0 Å². The van der Waals surface area contributed by atoms with Crippen molar-refractivity contribution in [1.82, 2.24) is 20.1 Å². The molecule has 4 rings (SSSR count). The molecule has 1 fully saturated rings. The number of aryl methyl sites for hydroxylation is 1. The lowest BCUT2D eigenvalue weighted by Gasteiger charge is -2.26. The molecule has 1 aliphatic rings. The van der Waals surface area contributed by atoms with Crippen molar-refractivity contribution in [3.05, 3.63) is 41.6 Å². The normalized spacial score (nSPS) is 18.7. The van der Waals surface area contributed by atoms with Gasteiger partial charge in [0.15, 0.2) is 5.65 Å². The molecule has 3 heterocycles. The number of nitrogens with one attached hydrogen (secondary N) is 1. The molecule has 0 bridgehead atoms. The SMILES string of the molecule is Cc1cc(C(F)(F)F)cc(O)c1-c1ccc2cn(C[C@H]3CC(=O)NC3(C)C)nc2n1. The van der Waals surface area contributed by atoms with E-state index in [0.29, 0.717) is 30.4 Å². The molecule has 1 amide bonds. The lowest BCUT2D eigenvalue weighted by molar-refractivity contribution is -0.137. The number of nitrogens with zero attached hydrogens (tertiary/aromatic N) is 3. The highest BCUT2D eigenvalue weighted by molar-refractivity contribution is 5.81. The van der Waals surface area contributed by atoms with Crippen LogP contribution in [0.3, 0.4) is 0 Å². The van der Waals surface area contributed by atoms with E-state index >= 15 is 0 Å². The Morgan fingerprint density at radius 1 is 1.30 bits per heavy atom. The van der Waals surface area contributed by atoms with Crippen LogP contribution in [0.2, 0.25) is 0 Å². The molecule has 3 aromatic rings. The van der Waals surface area contributed by atoms with Crippen LogP contribution in [0.15, 0.2) is 30.5 Å². The van der Waals surface area contributed by atoms with E-state index in [-0.39, 0.29) is 28.5 Å². The Morgan fingerprint density at radius 3 is 2.63 bits per heavy atom. The first-order valence-electron chi connectivity index (χ1n) is 9.50. The van der Waals surface area contributed by atoms with Gasteiger partial charge in [0.2, 0.25) is 5.91 Å². The number of aromatic nitrogens is 3. The number of benzene rings is 1. The van der Waals surface area contributed by atoms with Gasteiger partial charge in [0, 0.05) is 41.6 Å². The summed E-state index contributed by atoms with van der Waals surface area (Å²) >= 11 is 0. The molecule has 0 unspecified atom stereocenters. The fourth-order valence-corrected chi connectivity index (χ4v) is 3.96. The Labute approximate surface area is 170 Å². The first-order chi connectivity index (χ1) is 13.9. The van der Waals surface area contributed by atoms with Crippen molar-refractivity contribution in [1.29, 1.82) is 0 Å². The predicted molar refractivity (Wildman–Crippen MR) is 105 cm³/mol. The standard InChI is InChI=1S/C21H21F3N4O2/c1-11-6-13(21(22,23)24)7-16(29)18(11)15-5-4-12-9-28(27-19(12)25-15)10-14-8-17(30)26-20(14,2)3/h4-7,9,14,29H,8,10H2,1-3H3,(H,26,30)/t14-/m1/s1. The summed E-state index contributed by atoms with van der Waals surface area (Å²) in [6.45, 7) is 5.97. The third-order valence-corrected chi connectivity index (χ3v) is 5.64. The van der Waals surface area contributed by atoms with Gasteiger partial charge in [-0.25, -0.2) is 4.98 Å². The summed E-state index contributed by atoms with van der Waals surface area (Å²) in [6, 6.07) is 5.11. The summed E-state index contributed by atoms with van der Waals surface area (Å²) in [7, 11) is 0. The van der Waals surface area contributed by atoms with Crippen molar-refractivity contribution in [2.24, 2.45) is 5.92 Å². The molecule has 0 radical (unpaired) electrons. The molecule has 158 valence electrons. The van der Waals surface area contributed by atoms with Gasteiger partial charge >= 0.3 is 6.18 Å². The molecule has 0 spiro atoms. The van der Waals surface area contributed by atoms with Gasteiger partial charge in [-0.05, 0) is 50.6 Å². The maximum absolute atomic E-state index is 13.0. The molecule has 2 N–H and O–H groups in total. The lowest BCUT2D eigenvalue weighted by atomic mass is 9.89. The molecule has 0 saturated carbocycles. The van der Waals surface area contributed by atoms with Crippen molar-refractivity contribution >= 4 is 16.9 Å². The number of fused-ring (bicyclic) bond motifs is 1. The van der Waals surface area contributed by atoms with Crippen LogP contribution in [0.1, 0.15) is 31.4 Å². The summed E-state index contributed by atoms with van der Waals surface area (Å²) < 4.78 is 40.7. The molecule has 1 aromatic carbocycles. The molecule has 2 aromatic heterocycles. The van der Waals surface area contributed by atoms with E-state index in [9.17, 15) is 23.1 Å². The molecule has 9 heteroatoms. The highest BCUT2D eigenvalue weighted by Gasteiger charge is 2.39. The summed E-state index contributed by atoms with van der Waals surface area (Å²) in [4.78, 5) is 16.2. The molecule has 1 aliphatic heterocycles. The smallest absolute Gasteiger partial charge is 0.416 e. The first kappa shape index (κ1) is 20.2.